The highest BCUT2D eigenvalue weighted by molar-refractivity contribution is 5.99. The molecule has 1 fully saturated rings. The summed E-state index contributed by atoms with van der Waals surface area (Å²) in [6.45, 7) is 15.9. The third-order valence-electron chi connectivity index (χ3n) is 12.5. The smallest absolute Gasteiger partial charge is 0.417 e. The van der Waals surface area contributed by atoms with Gasteiger partial charge in [-0.1, -0.05) is 181 Å². The molecule has 2 amide bonds. The van der Waals surface area contributed by atoms with E-state index in [1.165, 1.54) is 0 Å². The first-order valence-electron chi connectivity index (χ1n) is 25.4. The van der Waals surface area contributed by atoms with Gasteiger partial charge in [-0.2, -0.15) is 0 Å². The normalized spacial score (nSPS) is 14.9. The summed E-state index contributed by atoms with van der Waals surface area (Å²) in [7, 11) is 0. The number of rotatable bonds is 18. The van der Waals surface area contributed by atoms with E-state index >= 15 is 0 Å². The van der Waals surface area contributed by atoms with Crippen LogP contribution >= 0.6 is 0 Å². The van der Waals surface area contributed by atoms with Gasteiger partial charge in [0, 0.05) is 0 Å². The fraction of sp³-hybridized carbons (Fsp3) is 0.338. The van der Waals surface area contributed by atoms with Crippen LogP contribution in [0.3, 0.4) is 0 Å². The molecule has 0 bridgehead atoms. The predicted molar refractivity (Wildman–Crippen MR) is 310 cm³/mol. The Kier molecular flexibility index (Phi) is 26.2. The number of amides is 2. The minimum absolute atomic E-state index is 0. The van der Waals surface area contributed by atoms with E-state index in [9.17, 15) is 29.7 Å². The van der Waals surface area contributed by atoms with Gasteiger partial charge in [-0.05, 0) is 157 Å². The van der Waals surface area contributed by atoms with Crippen LogP contribution in [0.15, 0.2) is 140 Å². The zero-order valence-electron chi connectivity index (χ0n) is 45.5. The van der Waals surface area contributed by atoms with E-state index in [1.54, 1.807) is 34.6 Å². The van der Waals surface area contributed by atoms with Gasteiger partial charge >= 0.3 is 6.09 Å². The summed E-state index contributed by atoms with van der Waals surface area (Å²) in [4.78, 5) is 40.6. The number of nitrogens with zero attached hydrogens (tertiary/aromatic N) is 1. The van der Waals surface area contributed by atoms with E-state index in [0.29, 0.717) is 12.8 Å². The van der Waals surface area contributed by atoms with Crippen molar-refractivity contribution < 1.29 is 43.9 Å². The van der Waals surface area contributed by atoms with E-state index in [-0.39, 0.29) is 32.5 Å². The average molecular weight is 1050 g/mol. The number of aliphatic hydroxyl groups excluding tert-OH is 3. The molecular formula is C68H73NO9. The van der Waals surface area contributed by atoms with E-state index < -0.39 is 59.4 Å². The molecule has 10 nitrogen and oxygen atoms in total. The maximum atomic E-state index is 14.2. The lowest BCUT2D eigenvalue weighted by molar-refractivity contribution is -0.175. The van der Waals surface area contributed by atoms with Crippen molar-refractivity contribution in [3.05, 3.63) is 156 Å². The van der Waals surface area contributed by atoms with Crippen LogP contribution in [0.2, 0.25) is 0 Å². The van der Waals surface area contributed by atoms with Crippen molar-refractivity contribution in [1.29, 1.82) is 0 Å². The molecule has 0 aromatic heterocycles. The van der Waals surface area contributed by atoms with Gasteiger partial charge in [0.25, 0.3) is 5.91 Å². The highest BCUT2D eigenvalue weighted by Crippen LogP contribution is 2.43. The maximum Gasteiger partial charge on any atom is 0.417 e. The molecule has 0 spiro atoms. The zero-order chi connectivity index (χ0) is 56.4. The summed E-state index contributed by atoms with van der Waals surface area (Å²) in [5.74, 6) is 26.1. The molecule has 1 aliphatic rings. The molecule has 0 unspecified atom stereocenters. The number of Topliss-reactive ketones (excluding diaryl/α,β-unsaturated/α-hetero) is 1. The Morgan fingerprint density at radius 1 is 0.615 bits per heavy atom. The molecule has 5 aromatic rings. The number of carbonyl (C=O) groups is 3. The Balaban J connectivity index is 0.000000346. The van der Waals surface area contributed by atoms with Crippen molar-refractivity contribution in [2.24, 2.45) is 11.8 Å². The molecule has 0 saturated carbocycles. The zero-order valence-corrected chi connectivity index (χ0v) is 45.5. The molecule has 1 aliphatic heterocycles. The van der Waals surface area contributed by atoms with Gasteiger partial charge in [-0.3, -0.25) is 9.59 Å². The summed E-state index contributed by atoms with van der Waals surface area (Å²) in [6, 6.07) is 44.6. The molecule has 0 radical (unpaired) electrons. The second kappa shape index (κ2) is 31.8. The number of ether oxygens (including phenoxy) is 3. The largest absolute Gasteiger partial charge is 0.440 e. The fourth-order valence-electron chi connectivity index (χ4n) is 8.17. The number of aliphatic hydroxyl groups is 3. The summed E-state index contributed by atoms with van der Waals surface area (Å²) in [6.07, 6.45) is 2.77. The molecule has 5 aromatic carbocycles. The molecule has 5 atom stereocenters. The quantitative estimate of drug-likeness (QED) is 0.0731. The maximum absolute atomic E-state index is 14.2. The van der Waals surface area contributed by atoms with E-state index in [0.717, 1.165) is 43.8 Å². The molecule has 404 valence electrons. The van der Waals surface area contributed by atoms with Crippen LogP contribution in [0.5, 0.6) is 0 Å². The molecule has 0 aliphatic carbocycles. The summed E-state index contributed by atoms with van der Waals surface area (Å²) in [5.41, 5.74) is 2.89. The Labute approximate surface area is 464 Å². The van der Waals surface area contributed by atoms with Gasteiger partial charge in [0.1, 0.15) is 18.2 Å². The lowest BCUT2D eigenvalue weighted by Gasteiger charge is -2.38. The summed E-state index contributed by atoms with van der Waals surface area (Å²) >= 11 is 0. The number of imide groups is 1. The molecule has 1 heterocycles. The Morgan fingerprint density at radius 3 is 1.38 bits per heavy atom. The molecular weight excluding hydrogens is 975 g/mol. The number of benzene rings is 5. The van der Waals surface area contributed by atoms with Gasteiger partial charge in [-0.15, -0.1) is 6.42 Å². The third-order valence-corrected chi connectivity index (χ3v) is 12.5. The molecule has 1 saturated heterocycles. The monoisotopic (exact) mass is 1050 g/mol. The van der Waals surface area contributed by atoms with Gasteiger partial charge in [0.2, 0.25) is 0 Å². The van der Waals surface area contributed by atoms with Crippen molar-refractivity contribution in [2.75, 3.05) is 6.61 Å². The lowest BCUT2D eigenvalue weighted by Crippen LogP contribution is -2.57. The van der Waals surface area contributed by atoms with Gasteiger partial charge in [0.05, 0.1) is 25.4 Å². The Morgan fingerprint density at radius 2 is 0.987 bits per heavy atom. The number of cyclic esters (lactones) is 1. The molecule has 3 N–H and O–H groups in total. The molecule has 6 rings (SSSR count). The summed E-state index contributed by atoms with van der Waals surface area (Å²) in [5, 5.41) is 31.0. The second-order valence-electron chi connectivity index (χ2n) is 19.8. The van der Waals surface area contributed by atoms with Crippen LogP contribution in [0, 0.1) is 83.4 Å². The van der Waals surface area contributed by atoms with Crippen LogP contribution in [0.4, 0.5) is 4.79 Å². The topological polar surface area (TPSA) is 143 Å². The fourth-order valence-corrected chi connectivity index (χ4v) is 8.17. The minimum Gasteiger partial charge on any atom is -0.440 e. The molecule has 78 heavy (non-hydrogen) atoms. The standard InChI is InChI=1S/C32H37NO5.C22H28O4.C13H4.CH4/c1-22(2)20-27(34)32(5,37-21-23-16-18-25(19-17-23)24-12-8-6-9-13-24)29(35)33-28(26-14-10-7-11-15-26)31(3,4)38-30(33)36;1-16(2)13-20(24)22(3,21(25)14-23)26-15-17-9-11-19(12-10-17)18-7-5-4-6-8-18;1-3-5-7-9-11-13-12-10-8-6-4-2;/h6-19,22,27-28,34H,20-21H2,1-5H3;4-12,16,20,23-24H,13-15H2,1-3H3;1H,2H3;1H4/t27-,28-,32-;20-,22-;;/m00../s1. The van der Waals surface area contributed by atoms with Crippen LogP contribution in [0.25, 0.3) is 22.3 Å². The highest BCUT2D eigenvalue weighted by Gasteiger charge is 2.57. The average Bonchev–Trinajstić information content (AvgIpc) is 3.79. The van der Waals surface area contributed by atoms with Crippen molar-refractivity contribution in [2.45, 2.75) is 131 Å². The Hall–Kier alpha value is -8.13. The minimum atomic E-state index is -1.67. The van der Waals surface area contributed by atoms with Crippen molar-refractivity contribution in [3.63, 3.8) is 0 Å². The van der Waals surface area contributed by atoms with E-state index in [2.05, 4.69) is 65.1 Å². The second-order valence-corrected chi connectivity index (χ2v) is 19.8. The lowest BCUT2D eigenvalue weighted by atomic mass is 9.87. The number of ketones is 1. The van der Waals surface area contributed by atoms with Crippen LogP contribution in [-0.2, 0) is 37.0 Å². The SMILES string of the molecule is C.C#CC#CC#CC#CC#CC#CC.CC(C)C[C@H](O)[C@](C)(OCc1ccc(-c2ccccc2)cc1)C(=O)CO.CC(C)C[C@H](O)[C@](C)(OCc1ccc(-c2ccccc2)cc1)C(=O)N1C(=O)OC(C)(C)[C@@H]1c1ccccc1. The molecule has 10 heteroatoms. The first-order valence-corrected chi connectivity index (χ1v) is 25.4. The summed E-state index contributed by atoms with van der Waals surface area (Å²) < 4.78 is 17.7. The van der Waals surface area contributed by atoms with E-state index in [4.69, 9.17) is 20.6 Å². The van der Waals surface area contributed by atoms with Gasteiger partial charge < -0.3 is 29.5 Å². The highest BCUT2D eigenvalue weighted by atomic mass is 16.6. The number of carbonyl (C=O) groups excluding carboxylic acids is 3. The van der Waals surface area contributed by atoms with Crippen LogP contribution in [0.1, 0.15) is 105 Å². The number of hydrogen-bond donors (Lipinski definition) is 3. The van der Waals surface area contributed by atoms with Crippen LogP contribution in [-0.4, -0.2) is 73.6 Å². The van der Waals surface area contributed by atoms with Crippen molar-refractivity contribution in [3.8, 4) is 93.8 Å². The first-order chi connectivity index (χ1) is 36.8. The van der Waals surface area contributed by atoms with Crippen LogP contribution < -0.4 is 0 Å². The Bertz CT molecular complexity index is 3080. The first kappa shape index (κ1) is 64.2. The van der Waals surface area contributed by atoms with Crippen molar-refractivity contribution >= 4 is 17.8 Å². The predicted octanol–water partition coefficient (Wildman–Crippen LogP) is 11.4. The van der Waals surface area contributed by atoms with Gasteiger partial charge in [-0.25, -0.2) is 9.69 Å². The number of hydrogen-bond acceptors (Lipinski definition) is 9. The van der Waals surface area contributed by atoms with Gasteiger partial charge in [0.15, 0.2) is 17.0 Å². The number of terminal acetylenes is 1. The third kappa shape index (κ3) is 18.9. The van der Waals surface area contributed by atoms with Crippen molar-refractivity contribution in [1.82, 2.24) is 4.90 Å². The van der Waals surface area contributed by atoms with E-state index in [1.807, 2.05) is 167 Å².